The van der Waals surface area contributed by atoms with E-state index in [0.717, 1.165) is 36.1 Å². The molecule has 0 spiro atoms. The van der Waals surface area contributed by atoms with Gasteiger partial charge in [0, 0.05) is 12.8 Å². The summed E-state index contributed by atoms with van der Waals surface area (Å²) in [4.78, 5) is 38.5. The summed E-state index contributed by atoms with van der Waals surface area (Å²) >= 11 is 0. The lowest BCUT2D eigenvalue weighted by atomic mass is 9.94. The van der Waals surface area contributed by atoms with Crippen LogP contribution in [0.2, 0.25) is 0 Å². The Bertz CT molecular complexity index is 1170. The van der Waals surface area contributed by atoms with Crippen LogP contribution in [0.15, 0.2) is 79.9 Å². The van der Waals surface area contributed by atoms with Crippen LogP contribution in [0.25, 0.3) is 0 Å². The standard InChI is InChI=1S/C35H46N2O6/c1-3-5-7-15-33(40)43-26-35(20-10-11-21-35)37-34(41)29(12-4-2)23-32(39)36-30(24-38)22-27-16-18-31(19-17-27)42-25-28-13-8-6-9-14-28/h3-4,6,8-9,13-14,16-19,29-30,38H,1-2,5,7,10-12,15,20-26H2,(H,36,39)(H,37,41)/t29-,30+/m1/s1. The van der Waals surface area contributed by atoms with Crippen molar-refractivity contribution in [2.75, 3.05) is 13.2 Å². The lowest BCUT2D eigenvalue weighted by Crippen LogP contribution is -2.52. The molecule has 3 N–H and O–H groups in total. The molecular formula is C35H46N2O6. The van der Waals surface area contributed by atoms with Gasteiger partial charge in [0.1, 0.15) is 19.0 Å². The summed E-state index contributed by atoms with van der Waals surface area (Å²) in [5, 5.41) is 16.0. The lowest BCUT2D eigenvalue weighted by Gasteiger charge is -2.31. The van der Waals surface area contributed by atoms with Crippen molar-refractivity contribution in [3.63, 3.8) is 0 Å². The molecule has 0 heterocycles. The van der Waals surface area contributed by atoms with E-state index in [1.807, 2.05) is 54.6 Å². The quantitative estimate of drug-likeness (QED) is 0.118. The van der Waals surface area contributed by atoms with Crippen LogP contribution in [0, 0.1) is 5.92 Å². The molecule has 0 bridgehead atoms. The van der Waals surface area contributed by atoms with Crippen molar-refractivity contribution in [1.29, 1.82) is 0 Å². The molecule has 2 aromatic rings. The summed E-state index contributed by atoms with van der Waals surface area (Å²) in [6, 6.07) is 17.0. The van der Waals surface area contributed by atoms with E-state index in [1.54, 1.807) is 12.2 Å². The van der Waals surface area contributed by atoms with Gasteiger partial charge in [-0.2, -0.15) is 0 Å². The fourth-order valence-electron chi connectivity index (χ4n) is 5.31. The number of nitrogens with one attached hydrogen (secondary N) is 2. The minimum Gasteiger partial charge on any atom is -0.489 e. The number of amides is 2. The Balaban J connectivity index is 1.50. The molecule has 1 saturated carbocycles. The van der Waals surface area contributed by atoms with Crippen molar-refractivity contribution in [1.82, 2.24) is 10.6 Å². The molecule has 0 unspecified atom stereocenters. The molecule has 3 rings (SSSR count). The zero-order chi connectivity index (χ0) is 30.9. The van der Waals surface area contributed by atoms with Gasteiger partial charge in [-0.25, -0.2) is 0 Å². The largest absolute Gasteiger partial charge is 0.489 e. The molecule has 0 saturated heterocycles. The van der Waals surface area contributed by atoms with Gasteiger partial charge in [0.15, 0.2) is 0 Å². The van der Waals surface area contributed by atoms with Crippen molar-refractivity contribution in [3.8, 4) is 5.75 Å². The average molecular weight is 591 g/mol. The van der Waals surface area contributed by atoms with Gasteiger partial charge in [-0.1, -0.05) is 67.5 Å². The Kier molecular flexibility index (Phi) is 14.0. The zero-order valence-corrected chi connectivity index (χ0v) is 25.1. The first-order valence-corrected chi connectivity index (χ1v) is 15.2. The second-order valence-corrected chi connectivity index (χ2v) is 11.3. The third-order valence-electron chi connectivity index (χ3n) is 7.74. The van der Waals surface area contributed by atoms with Gasteiger partial charge in [0.25, 0.3) is 0 Å². The molecule has 2 aromatic carbocycles. The molecule has 0 radical (unpaired) electrons. The number of carbonyl (C=O) groups is 3. The number of aliphatic hydroxyl groups is 1. The summed E-state index contributed by atoms with van der Waals surface area (Å²) in [7, 11) is 0. The van der Waals surface area contributed by atoms with Gasteiger partial charge in [-0.05, 0) is 61.8 Å². The molecule has 2 atom stereocenters. The zero-order valence-electron chi connectivity index (χ0n) is 25.1. The molecule has 1 aliphatic carbocycles. The molecule has 1 fully saturated rings. The average Bonchev–Trinajstić information content (AvgIpc) is 3.48. The number of ether oxygens (including phenoxy) is 2. The first-order valence-electron chi connectivity index (χ1n) is 15.2. The normalized spacial score (nSPS) is 15.1. The van der Waals surface area contributed by atoms with Gasteiger partial charge in [-0.15, -0.1) is 13.2 Å². The van der Waals surface area contributed by atoms with Crippen molar-refractivity contribution in [2.24, 2.45) is 5.92 Å². The van der Waals surface area contributed by atoms with E-state index >= 15 is 0 Å². The maximum atomic E-state index is 13.4. The highest BCUT2D eigenvalue weighted by atomic mass is 16.5. The summed E-state index contributed by atoms with van der Waals surface area (Å²) in [5.74, 6) is -0.755. The topological polar surface area (TPSA) is 114 Å². The van der Waals surface area contributed by atoms with E-state index in [4.69, 9.17) is 9.47 Å². The van der Waals surface area contributed by atoms with Gasteiger partial charge in [0.2, 0.25) is 11.8 Å². The number of carbonyl (C=O) groups excluding carboxylic acids is 3. The van der Waals surface area contributed by atoms with Crippen molar-refractivity contribution in [2.45, 2.75) is 82.4 Å². The number of hydrogen-bond donors (Lipinski definition) is 3. The summed E-state index contributed by atoms with van der Waals surface area (Å²) in [5.41, 5.74) is 1.40. The maximum Gasteiger partial charge on any atom is 0.305 e. The van der Waals surface area contributed by atoms with E-state index in [1.165, 1.54) is 0 Å². The van der Waals surface area contributed by atoms with Crippen LogP contribution in [0.4, 0.5) is 0 Å². The third-order valence-corrected chi connectivity index (χ3v) is 7.74. The number of rotatable bonds is 19. The van der Waals surface area contributed by atoms with Gasteiger partial charge in [-0.3, -0.25) is 14.4 Å². The Labute approximate surface area is 255 Å². The molecule has 8 nitrogen and oxygen atoms in total. The maximum absolute atomic E-state index is 13.4. The fraction of sp³-hybridized carbons (Fsp3) is 0.457. The highest BCUT2D eigenvalue weighted by molar-refractivity contribution is 5.86. The Morgan fingerprint density at radius 3 is 2.35 bits per heavy atom. The summed E-state index contributed by atoms with van der Waals surface area (Å²) in [6.07, 6.45) is 9.14. The summed E-state index contributed by atoms with van der Waals surface area (Å²) < 4.78 is 11.4. The van der Waals surface area contributed by atoms with E-state index in [9.17, 15) is 19.5 Å². The number of benzene rings is 2. The molecule has 1 aliphatic rings. The Hall–Kier alpha value is -3.91. The first kappa shape index (κ1) is 33.6. The van der Waals surface area contributed by atoms with Crippen LogP contribution in [0.1, 0.15) is 68.9 Å². The van der Waals surface area contributed by atoms with Gasteiger partial charge in [0.05, 0.1) is 24.1 Å². The number of unbranched alkanes of at least 4 members (excludes halogenated alkanes) is 1. The number of hydrogen-bond acceptors (Lipinski definition) is 6. The van der Waals surface area contributed by atoms with Crippen LogP contribution in [-0.2, 0) is 32.1 Å². The fourth-order valence-corrected chi connectivity index (χ4v) is 5.31. The van der Waals surface area contributed by atoms with Crippen LogP contribution in [0.3, 0.4) is 0 Å². The van der Waals surface area contributed by atoms with Crippen LogP contribution in [0.5, 0.6) is 5.75 Å². The van der Waals surface area contributed by atoms with Gasteiger partial charge < -0.3 is 25.2 Å². The highest BCUT2D eigenvalue weighted by Gasteiger charge is 2.38. The molecule has 0 aromatic heterocycles. The smallest absolute Gasteiger partial charge is 0.305 e. The number of esters is 1. The predicted molar refractivity (Wildman–Crippen MR) is 167 cm³/mol. The van der Waals surface area contributed by atoms with Crippen molar-refractivity contribution >= 4 is 17.8 Å². The number of aliphatic hydroxyl groups excluding tert-OH is 1. The van der Waals surface area contributed by atoms with E-state index in [-0.39, 0.29) is 37.4 Å². The number of allylic oxidation sites excluding steroid dienone is 2. The van der Waals surface area contributed by atoms with Crippen LogP contribution in [-0.4, -0.2) is 47.7 Å². The SMILES string of the molecule is C=CCCCC(=O)OCC1(NC(=O)[C@H](CC=C)CC(=O)N[C@H](CO)Cc2ccc(OCc3ccccc3)cc2)CCCC1. The minimum atomic E-state index is -0.626. The lowest BCUT2D eigenvalue weighted by molar-refractivity contribution is -0.147. The van der Waals surface area contributed by atoms with Gasteiger partial charge >= 0.3 is 5.97 Å². The van der Waals surface area contributed by atoms with Crippen molar-refractivity contribution in [3.05, 3.63) is 91.0 Å². The molecular weight excluding hydrogens is 544 g/mol. The minimum absolute atomic E-state index is 0.0436. The molecule has 232 valence electrons. The molecule has 8 heteroatoms. The highest BCUT2D eigenvalue weighted by Crippen LogP contribution is 2.31. The molecule has 0 aliphatic heterocycles. The van der Waals surface area contributed by atoms with E-state index in [0.29, 0.717) is 45.1 Å². The van der Waals surface area contributed by atoms with E-state index in [2.05, 4.69) is 23.8 Å². The molecule has 43 heavy (non-hydrogen) atoms. The van der Waals surface area contributed by atoms with E-state index < -0.39 is 17.5 Å². The summed E-state index contributed by atoms with van der Waals surface area (Å²) in [6.45, 7) is 7.79. The third kappa shape index (κ3) is 11.7. The monoisotopic (exact) mass is 590 g/mol. The Morgan fingerprint density at radius 2 is 1.70 bits per heavy atom. The van der Waals surface area contributed by atoms with Crippen LogP contribution < -0.4 is 15.4 Å². The van der Waals surface area contributed by atoms with Crippen LogP contribution >= 0.6 is 0 Å². The first-order chi connectivity index (χ1) is 20.9. The predicted octanol–water partition coefficient (Wildman–Crippen LogP) is 5.20. The second kappa shape index (κ2) is 17.9. The second-order valence-electron chi connectivity index (χ2n) is 11.3. The molecule has 2 amide bonds. The van der Waals surface area contributed by atoms with Crippen molar-refractivity contribution < 1.29 is 29.0 Å². The Morgan fingerprint density at radius 1 is 0.977 bits per heavy atom.